The zero-order valence-corrected chi connectivity index (χ0v) is 16.3. The SMILES string of the molecule is CC[Si](CC)(CC)O[C@H]1C[C@H](OC(C)=O)O[C@H](c2ccccc2)C1. The summed E-state index contributed by atoms with van der Waals surface area (Å²) >= 11 is 0. The highest BCUT2D eigenvalue weighted by Crippen LogP contribution is 2.36. The number of hydrogen-bond acceptors (Lipinski definition) is 4. The van der Waals surface area contributed by atoms with E-state index >= 15 is 0 Å². The van der Waals surface area contributed by atoms with E-state index in [1.165, 1.54) is 6.92 Å². The first-order chi connectivity index (χ1) is 11.5. The minimum atomic E-state index is -1.70. The Hall–Kier alpha value is -1.17. The Morgan fingerprint density at radius 2 is 1.75 bits per heavy atom. The maximum absolute atomic E-state index is 11.4. The molecule has 1 heterocycles. The fraction of sp³-hybridized carbons (Fsp3) is 0.632. The summed E-state index contributed by atoms with van der Waals surface area (Å²) in [6.45, 7) is 8.12. The summed E-state index contributed by atoms with van der Waals surface area (Å²) in [5.74, 6) is -0.308. The van der Waals surface area contributed by atoms with Gasteiger partial charge < -0.3 is 13.9 Å². The Balaban J connectivity index is 2.16. The molecule has 1 aliphatic heterocycles. The van der Waals surface area contributed by atoms with Gasteiger partial charge >= 0.3 is 5.97 Å². The van der Waals surface area contributed by atoms with Crippen LogP contribution in [0.5, 0.6) is 0 Å². The second kappa shape index (κ2) is 8.79. The van der Waals surface area contributed by atoms with Gasteiger partial charge in [0, 0.05) is 19.8 Å². The molecule has 0 amide bonds. The molecule has 0 aliphatic carbocycles. The molecule has 3 atom stereocenters. The number of benzene rings is 1. The van der Waals surface area contributed by atoms with Crippen LogP contribution in [0.4, 0.5) is 0 Å². The third-order valence-corrected chi connectivity index (χ3v) is 9.77. The molecule has 1 aromatic rings. The Kier molecular flexibility index (Phi) is 7.01. The fourth-order valence-electron chi connectivity index (χ4n) is 3.44. The van der Waals surface area contributed by atoms with E-state index in [1.807, 2.05) is 18.2 Å². The molecule has 5 heteroatoms. The second-order valence-corrected chi connectivity index (χ2v) is 11.3. The molecule has 0 radical (unpaired) electrons. The van der Waals surface area contributed by atoms with Gasteiger partial charge in [0.25, 0.3) is 0 Å². The van der Waals surface area contributed by atoms with Crippen LogP contribution in [-0.4, -0.2) is 26.7 Å². The maximum Gasteiger partial charge on any atom is 0.304 e. The van der Waals surface area contributed by atoms with Crippen molar-refractivity contribution in [2.45, 2.75) is 77.2 Å². The van der Waals surface area contributed by atoms with Gasteiger partial charge in [-0.2, -0.15) is 0 Å². The number of carbonyl (C=O) groups is 1. The van der Waals surface area contributed by atoms with Crippen molar-refractivity contribution in [1.29, 1.82) is 0 Å². The maximum atomic E-state index is 11.4. The van der Waals surface area contributed by atoms with E-state index in [4.69, 9.17) is 13.9 Å². The summed E-state index contributed by atoms with van der Waals surface area (Å²) in [5, 5.41) is 0. The third kappa shape index (κ3) is 4.91. The van der Waals surface area contributed by atoms with Crippen LogP contribution in [0.2, 0.25) is 18.1 Å². The first-order valence-corrected chi connectivity index (χ1v) is 11.6. The van der Waals surface area contributed by atoms with E-state index in [0.717, 1.165) is 30.1 Å². The van der Waals surface area contributed by atoms with Gasteiger partial charge in [0.2, 0.25) is 6.29 Å². The first kappa shape index (κ1) is 19.2. The minimum Gasteiger partial charge on any atom is -0.436 e. The summed E-state index contributed by atoms with van der Waals surface area (Å²) < 4.78 is 18.0. The monoisotopic (exact) mass is 350 g/mol. The van der Waals surface area contributed by atoms with Crippen LogP contribution in [0.1, 0.15) is 52.2 Å². The number of ether oxygens (including phenoxy) is 2. The van der Waals surface area contributed by atoms with E-state index < -0.39 is 14.6 Å². The summed E-state index contributed by atoms with van der Waals surface area (Å²) in [6.07, 6.45) is 0.906. The second-order valence-electron chi connectivity index (χ2n) is 6.53. The van der Waals surface area contributed by atoms with E-state index in [0.29, 0.717) is 6.42 Å². The Labute approximate surface area is 146 Å². The molecule has 1 aromatic carbocycles. The standard InChI is InChI=1S/C19H30O4Si/c1-5-24(6-2,7-3)23-17-13-18(16-11-9-8-10-12-16)22-19(14-17)21-15(4)20/h8-12,17-19H,5-7,13-14H2,1-4H3/t17-,18+,19-/m1/s1. The van der Waals surface area contributed by atoms with Crippen LogP contribution in [0, 0.1) is 0 Å². The van der Waals surface area contributed by atoms with Crippen LogP contribution in [0.3, 0.4) is 0 Å². The smallest absolute Gasteiger partial charge is 0.304 e. The zero-order valence-electron chi connectivity index (χ0n) is 15.3. The highest BCUT2D eigenvalue weighted by molar-refractivity contribution is 6.73. The molecule has 24 heavy (non-hydrogen) atoms. The molecule has 1 saturated heterocycles. The van der Waals surface area contributed by atoms with E-state index in [9.17, 15) is 4.79 Å². The van der Waals surface area contributed by atoms with Crippen molar-refractivity contribution in [3.63, 3.8) is 0 Å². The molecule has 0 saturated carbocycles. The number of hydrogen-bond donors (Lipinski definition) is 0. The Morgan fingerprint density at radius 1 is 1.12 bits per heavy atom. The van der Waals surface area contributed by atoms with Crippen LogP contribution in [0.25, 0.3) is 0 Å². The third-order valence-electron chi connectivity index (χ3n) is 5.07. The lowest BCUT2D eigenvalue weighted by Crippen LogP contribution is -2.44. The van der Waals surface area contributed by atoms with Gasteiger partial charge in [-0.1, -0.05) is 51.1 Å². The van der Waals surface area contributed by atoms with Gasteiger partial charge in [0.15, 0.2) is 8.32 Å². The van der Waals surface area contributed by atoms with Crippen LogP contribution >= 0.6 is 0 Å². The molecule has 1 aliphatic rings. The lowest BCUT2D eigenvalue weighted by Gasteiger charge is -2.40. The van der Waals surface area contributed by atoms with Crippen molar-refractivity contribution in [2.75, 3.05) is 0 Å². The summed E-state index contributed by atoms with van der Waals surface area (Å²) in [7, 11) is -1.70. The zero-order chi connectivity index (χ0) is 17.6. The average Bonchev–Trinajstić information content (AvgIpc) is 2.60. The molecule has 0 unspecified atom stereocenters. The molecule has 1 fully saturated rings. The summed E-state index contributed by atoms with van der Waals surface area (Å²) in [6, 6.07) is 13.5. The predicted molar refractivity (Wildman–Crippen MR) is 97.1 cm³/mol. The molecule has 4 nitrogen and oxygen atoms in total. The minimum absolute atomic E-state index is 0.0832. The fourth-order valence-corrected chi connectivity index (χ4v) is 6.34. The van der Waals surface area contributed by atoms with Crippen LogP contribution in [-0.2, 0) is 18.7 Å². The normalized spacial score (nSPS) is 24.6. The van der Waals surface area contributed by atoms with Crippen molar-refractivity contribution in [3.05, 3.63) is 35.9 Å². The number of esters is 1. The molecular formula is C19H30O4Si. The van der Waals surface area contributed by atoms with Gasteiger partial charge in [-0.05, 0) is 23.7 Å². The molecule has 0 aromatic heterocycles. The first-order valence-electron chi connectivity index (χ1n) is 9.07. The average molecular weight is 351 g/mol. The van der Waals surface area contributed by atoms with Crippen molar-refractivity contribution in [1.82, 2.24) is 0 Å². The lowest BCUT2D eigenvalue weighted by atomic mass is 9.99. The van der Waals surface area contributed by atoms with Gasteiger partial charge in [-0.15, -0.1) is 0 Å². The van der Waals surface area contributed by atoms with Crippen LogP contribution in [0.15, 0.2) is 30.3 Å². The number of rotatable bonds is 7. The highest BCUT2D eigenvalue weighted by Gasteiger charge is 2.38. The number of carbonyl (C=O) groups excluding carboxylic acids is 1. The highest BCUT2D eigenvalue weighted by atomic mass is 28.4. The van der Waals surface area contributed by atoms with Crippen LogP contribution < -0.4 is 0 Å². The van der Waals surface area contributed by atoms with Crippen molar-refractivity contribution in [3.8, 4) is 0 Å². The summed E-state index contributed by atoms with van der Waals surface area (Å²) in [5.41, 5.74) is 1.11. The predicted octanol–water partition coefficient (Wildman–Crippen LogP) is 4.82. The van der Waals surface area contributed by atoms with Gasteiger partial charge in [-0.25, -0.2) is 0 Å². The molecule has 134 valence electrons. The van der Waals surface area contributed by atoms with Gasteiger partial charge in [-0.3, -0.25) is 4.79 Å². The molecule has 0 spiro atoms. The van der Waals surface area contributed by atoms with Crippen molar-refractivity contribution >= 4 is 14.3 Å². The van der Waals surface area contributed by atoms with E-state index in [-0.39, 0.29) is 18.2 Å². The molecule has 2 rings (SSSR count). The van der Waals surface area contributed by atoms with E-state index in [1.54, 1.807) is 0 Å². The van der Waals surface area contributed by atoms with Gasteiger partial charge in [0.1, 0.15) is 0 Å². The molecule has 0 bridgehead atoms. The molecule has 0 N–H and O–H groups in total. The van der Waals surface area contributed by atoms with Crippen molar-refractivity contribution in [2.24, 2.45) is 0 Å². The van der Waals surface area contributed by atoms with E-state index in [2.05, 4.69) is 32.9 Å². The quantitative estimate of drug-likeness (QED) is 0.522. The van der Waals surface area contributed by atoms with Crippen molar-refractivity contribution < 1.29 is 18.7 Å². The van der Waals surface area contributed by atoms with Gasteiger partial charge in [0.05, 0.1) is 12.2 Å². The Bertz CT molecular complexity index is 507. The molecular weight excluding hydrogens is 320 g/mol. The topological polar surface area (TPSA) is 44.8 Å². The Morgan fingerprint density at radius 3 is 2.29 bits per heavy atom. The lowest BCUT2D eigenvalue weighted by molar-refractivity contribution is -0.215. The summed E-state index contributed by atoms with van der Waals surface area (Å²) in [4.78, 5) is 11.4. The largest absolute Gasteiger partial charge is 0.436 e.